The van der Waals surface area contributed by atoms with Crippen molar-refractivity contribution in [1.82, 2.24) is 0 Å². The van der Waals surface area contributed by atoms with Crippen molar-refractivity contribution in [1.29, 1.82) is 0 Å². The van der Waals surface area contributed by atoms with Crippen molar-refractivity contribution in [2.75, 3.05) is 0 Å². The molecular weight excluding hydrogens is 243 g/mol. The van der Waals surface area contributed by atoms with Crippen LogP contribution >= 0.6 is 0 Å². The van der Waals surface area contributed by atoms with Gasteiger partial charge in [-0.15, -0.1) is 0 Å². The van der Waals surface area contributed by atoms with Crippen LogP contribution in [0.15, 0.2) is 30.3 Å². The van der Waals surface area contributed by atoms with Gasteiger partial charge >= 0.3 is 7.48 Å². The zero-order valence-corrected chi connectivity index (χ0v) is 13.5. The van der Waals surface area contributed by atoms with Crippen molar-refractivity contribution < 1.29 is 5.02 Å². The first-order chi connectivity index (χ1) is 9.13. The van der Waals surface area contributed by atoms with E-state index in [1.165, 1.54) is 16.5 Å². The summed E-state index contributed by atoms with van der Waals surface area (Å²) in [5, 5.41) is 12.0. The summed E-state index contributed by atoms with van der Waals surface area (Å²) < 4.78 is 0. The van der Waals surface area contributed by atoms with Crippen LogP contribution in [-0.2, 0) is 10.8 Å². The average molecular weight is 268 g/mol. The largest absolute Gasteiger partial charge is 0.449 e. The molecule has 0 atom stereocenters. The van der Waals surface area contributed by atoms with Gasteiger partial charge < -0.3 is 5.02 Å². The maximum Gasteiger partial charge on any atom is 0.305 e. The molecule has 0 aliphatic carbocycles. The van der Waals surface area contributed by atoms with Crippen molar-refractivity contribution in [2.45, 2.75) is 52.4 Å². The minimum absolute atomic E-state index is 0.0925. The molecule has 0 spiro atoms. The summed E-state index contributed by atoms with van der Waals surface area (Å²) in [6, 6.07) is 11.0. The normalized spacial score (nSPS) is 12.8. The highest BCUT2D eigenvalue weighted by Gasteiger charge is 2.18. The Morgan fingerprint density at radius 3 is 1.85 bits per heavy atom. The third-order valence-electron chi connectivity index (χ3n) is 3.94. The number of fused-ring (bicyclic) bond motifs is 1. The average Bonchev–Trinajstić information content (AvgIpc) is 2.34. The van der Waals surface area contributed by atoms with E-state index in [1.807, 2.05) is 0 Å². The van der Waals surface area contributed by atoms with E-state index >= 15 is 0 Å². The number of hydrogen-bond donors (Lipinski definition) is 1. The van der Waals surface area contributed by atoms with Gasteiger partial charge in [0, 0.05) is 0 Å². The van der Waals surface area contributed by atoms with Gasteiger partial charge in [-0.05, 0) is 38.2 Å². The van der Waals surface area contributed by atoms with Crippen molar-refractivity contribution in [2.24, 2.45) is 0 Å². The molecule has 106 valence electrons. The standard InChI is InChI=1S/C18H25BO/c1-17(2,3)13-7-8-15-12(9-13)10-14(18(4,5)6)11-16(15)19-20/h7-11,19-20H,1-6H3. The molecule has 1 N–H and O–H groups in total. The molecule has 0 saturated heterocycles. The molecule has 0 bridgehead atoms. The zero-order valence-electron chi connectivity index (χ0n) is 13.5. The van der Waals surface area contributed by atoms with Gasteiger partial charge in [-0.2, -0.15) is 0 Å². The smallest absolute Gasteiger partial charge is 0.305 e. The van der Waals surface area contributed by atoms with Gasteiger partial charge in [0.15, 0.2) is 0 Å². The molecule has 20 heavy (non-hydrogen) atoms. The van der Waals surface area contributed by atoms with E-state index in [-0.39, 0.29) is 18.3 Å². The monoisotopic (exact) mass is 268 g/mol. The maximum absolute atomic E-state index is 9.65. The minimum atomic E-state index is 0.0925. The van der Waals surface area contributed by atoms with Crippen molar-refractivity contribution in [3.63, 3.8) is 0 Å². The van der Waals surface area contributed by atoms with Crippen LogP contribution in [0.3, 0.4) is 0 Å². The summed E-state index contributed by atoms with van der Waals surface area (Å²) in [6.45, 7) is 13.3. The summed E-state index contributed by atoms with van der Waals surface area (Å²) in [5.41, 5.74) is 3.87. The SMILES string of the molecule is CC(C)(C)c1ccc2c(BO)cc(C(C)(C)C)cc2c1. The van der Waals surface area contributed by atoms with E-state index in [2.05, 4.69) is 71.9 Å². The van der Waals surface area contributed by atoms with Crippen LogP contribution in [0.4, 0.5) is 0 Å². The second kappa shape index (κ2) is 4.93. The van der Waals surface area contributed by atoms with Gasteiger partial charge in [0.05, 0.1) is 0 Å². The molecule has 0 aromatic heterocycles. The van der Waals surface area contributed by atoms with Crippen LogP contribution in [0.5, 0.6) is 0 Å². The van der Waals surface area contributed by atoms with Gasteiger partial charge in [0.2, 0.25) is 0 Å². The fraction of sp³-hybridized carbons (Fsp3) is 0.444. The molecule has 2 rings (SSSR count). The first kappa shape index (κ1) is 15.1. The first-order valence-corrected chi connectivity index (χ1v) is 7.31. The van der Waals surface area contributed by atoms with Crippen LogP contribution in [0.1, 0.15) is 52.7 Å². The lowest BCUT2D eigenvalue weighted by Crippen LogP contribution is -2.21. The molecule has 0 saturated carbocycles. The summed E-state index contributed by atoms with van der Waals surface area (Å²) in [6.07, 6.45) is 0. The fourth-order valence-corrected chi connectivity index (χ4v) is 2.48. The van der Waals surface area contributed by atoms with Gasteiger partial charge in [0.1, 0.15) is 0 Å². The quantitative estimate of drug-likeness (QED) is 0.786. The number of rotatable bonds is 1. The Hall–Kier alpha value is -1.28. The highest BCUT2D eigenvalue weighted by atomic mass is 16.2. The third-order valence-corrected chi connectivity index (χ3v) is 3.94. The number of benzene rings is 2. The van der Waals surface area contributed by atoms with E-state index in [0.29, 0.717) is 0 Å². The molecule has 1 nitrogen and oxygen atoms in total. The van der Waals surface area contributed by atoms with E-state index in [1.54, 1.807) is 0 Å². The van der Waals surface area contributed by atoms with Gasteiger partial charge in [-0.1, -0.05) is 71.9 Å². The van der Waals surface area contributed by atoms with Gasteiger partial charge in [0.25, 0.3) is 0 Å². The molecule has 2 aromatic carbocycles. The van der Waals surface area contributed by atoms with Crippen LogP contribution in [0, 0.1) is 0 Å². The second-order valence-corrected chi connectivity index (χ2v) is 7.73. The highest BCUT2D eigenvalue weighted by molar-refractivity contribution is 6.50. The molecule has 0 radical (unpaired) electrons. The molecule has 2 aromatic rings. The molecule has 2 heteroatoms. The summed E-state index contributed by atoms with van der Waals surface area (Å²) in [7, 11) is 0.0925. The van der Waals surface area contributed by atoms with Gasteiger partial charge in [-0.25, -0.2) is 0 Å². The minimum Gasteiger partial charge on any atom is -0.449 e. The Labute approximate surface area is 123 Å². The van der Waals surface area contributed by atoms with Crippen molar-refractivity contribution in [3.05, 3.63) is 41.5 Å². The first-order valence-electron chi connectivity index (χ1n) is 7.31. The van der Waals surface area contributed by atoms with E-state index < -0.39 is 0 Å². The highest BCUT2D eigenvalue weighted by Crippen LogP contribution is 2.29. The van der Waals surface area contributed by atoms with Crippen LogP contribution in [0.25, 0.3) is 10.8 Å². The Kier molecular flexibility index (Phi) is 3.72. The summed E-state index contributed by atoms with van der Waals surface area (Å²) in [4.78, 5) is 0. The predicted octanol–water partition coefficient (Wildman–Crippen LogP) is 3.40. The lowest BCUT2D eigenvalue weighted by Gasteiger charge is -2.23. The number of hydrogen-bond acceptors (Lipinski definition) is 1. The van der Waals surface area contributed by atoms with E-state index in [4.69, 9.17) is 0 Å². The van der Waals surface area contributed by atoms with E-state index in [0.717, 1.165) is 10.8 Å². The lowest BCUT2D eigenvalue weighted by atomic mass is 9.76. The van der Waals surface area contributed by atoms with Gasteiger partial charge in [-0.3, -0.25) is 0 Å². The fourth-order valence-electron chi connectivity index (χ4n) is 2.48. The molecule has 0 heterocycles. The Morgan fingerprint density at radius 1 is 0.800 bits per heavy atom. The molecule has 0 aliphatic heterocycles. The molecule has 0 aliphatic rings. The van der Waals surface area contributed by atoms with E-state index in [9.17, 15) is 5.02 Å². The predicted molar refractivity (Wildman–Crippen MR) is 90.3 cm³/mol. The molecular formula is C18H25BO. The molecule has 0 amide bonds. The summed E-state index contributed by atoms with van der Waals surface area (Å²) in [5.74, 6) is 0. The van der Waals surface area contributed by atoms with Crippen LogP contribution < -0.4 is 5.46 Å². The molecule has 0 fully saturated rings. The zero-order chi connectivity index (χ0) is 15.1. The Morgan fingerprint density at radius 2 is 1.35 bits per heavy atom. The van der Waals surface area contributed by atoms with Crippen molar-refractivity contribution >= 4 is 23.7 Å². The lowest BCUT2D eigenvalue weighted by molar-refractivity contribution is 0.589. The third kappa shape index (κ3) is 2.91. The van der Waals surface area contributed by atoms with Crippen LogP contribution in [0.2, 0.25) is 0 Å². The van der Waals surface area contributed by atoms with Crippen molar-refractivity contribution in [3.8, 4) is 0 Å². The maximum atomic E-state index is 9.65. The molecule has 0 unspecified atom stereocenters. The topological polar surface area (TPSA) is 20.2 Å². The Bertz CT molecular complexity index is 625. The second-order valence-electron chi connectivity index (χ2n) is 7.73. The Balaban J connectivity index is 2.73. The summed E-state index contributed by atoms with van der Waals surface area (Å²) >= 11 is 0. The van der Waals surface area contributed by atoms with Crippen LogP contribution in [-0.4, -0.2) is 12.5 Å².